The van der Waals surface area contributed by atoms with E-state index in [0.717, 1.165) is 11.6 Å². The van der Waals surface area contributed by atoms with Gasteiger partial charge in [0.2, 0.25) is 0 Å². The van der Waals surface area contributed by atoms with E-state index in [1.807, 2.05) is 19.1 Å². The Balaban J connectivity index is 1.75. The smallest absolute Gasteiger partial charge is 0.305 e. The summed E-state index contributed by atoms with van der Waals surface area (Å²) >= 11 is 0. The van der Waals surface area contributed by atoms with E-state index in [9.17, 15) is 18.0 Å². The van der Waals surface area contributed by atoms with E-state index in [-0.39, 0.29) is 23.8 Å². The van der Waals surface area contributed by atoms with E-state index in [0.29, 0.717) is 5.56 Å². The van der Waals surface area contributed by atoms with Crippen molar-refractivity contribution in [1.82, 2.24) is 9.78 Å². The number of aromatic nitrogens is 2. The van der Waals surface area contributed by atoms with Crippen LogP contribution in [0, 0.1) is 6.92 Å². The molecule has 0 aliphatic rings. The third kappa shape index (κ3) is 3.93. The van der Waals surface area contributed by atoms with Gasteiger partial charge < -0.3 is 5.32 Å². The maximum atomic E-state index is 13.1. The van der Waals surface area contributed by atoms with Crippen molar-refractivity contribution in [2.45, 2.75) is 19.6 Å². The summed E-state index contributed by atoms with van der Waals surface area (Å²) in [5.74, 6) is -0.0354. The first-order chi connectivity index (χ1) is 12.3. The molecule has 0 saturated carbocycles. The van der Waals surface area contributed by atoms with Gasteiger partial charge in [-0.3, -0.25) is 9.48 Å². The third-order valence-corrected chi connectivity index (χ3v) is 3.93. The van der Waals surface area contributed by atoms with E-state index in [1.165, 1.54) is 23.0 Å². The lowest BCUT2D eigenvalue weighted by molar-refractivity contribution is -0.138. The molecule has 7 heteroatoms. The van der Waals surface area contributed by atoms with Gasteiger partial charge in [0.15, 0.2) is 5.82 Å². The summed E-state index contributed by atoms with van der Waals surface area (Å²) in [5, 5.41) is 6.80. The van der Waals surface area contributed by atoms with Crippen LogP contribution in [-0.4, -0.2) is 15.7 Å². The van der Waals surface area contributed by atoms with Gasteiger partial charge in [-0.1, -0.05) is 36.4 Å². The maximum Gasteiger partial charge on any atom is 0.416 e. The zero-order valence-electron chi connectivity index (χ0n) is 13.9. The Bertz CT molecular complexity index is 932. The minimum atomic E-state index is -4.42. The lowest BCUT2D eigenvalue weighted by Gasteiger charge is -2.12. The van der Waals surface area contributed by atoms with Crippen LogP contribution in [-0.2, 0) is 12.7 Å². The topological polar surface area (TPSA) is 46.9 Å². The largest absolute Gasteiger partial charge is 0.416 e. The molecule has 0 unspecified atom stereocenters. The first kappa shape index (κ1) is 17.7. The number of anilines is 1. The third-order valence-electron chi connectivity index (χ3n) is 3.93. The van der Waals surface area contributed by atoms with Crippen molar-refractivity contribution in [3.63, 3.8) is 0 Å². The number of benzene rings is 2. The van der Waals surface area contributed by atoms with Gasteiger partial charge in [0.05, 0.1) is 12.1 Å². The first-order valence-electron chi connectivity index (χ1n) is 7.90. The van der Waals surface area contributed by atoms with E-state index in [4.69, 9.17) is 0 Å². The molecule has 2 aromatic carbocycles. The van der Waals surface area contributed by atoms with E-state index < -0.39 is 11.7 Å². The number of carbonyl (C=O) groups excluding carboxylic acids is 1. The molecule has 3 rings (SSSR count). The minimum absolute atomic E-state index is 0.0457. The molecule has 1 amide bonds. The van der Waals surface area contributed by atoms with Crippen molar-refractivity contribution < 1.29 is 18.0 Å². The zero-order chi connectivity index (χ0) is 18.7. The van der Waals surface area contributed by atoms with Gasteiger partial charge >= 0.3 is 6.18 Å². The molecule has 1 N–H and O–H groups in total. The van der Waals surface area contributed by atoms with Gasteiger partial charge in [-0.05, 0) is 30.2 Å². The maximum absolute atomic E-state index is 13.1. The highest BCUT2D eigenvalue weighted by molar-refractivity contribution is 6.04. The monoisotopic (exact) mass is 359 g/mol. The quantitative estimate of drug-likeness (QED) is 0.745. The fourth-order valence-corrected chi connectivity index (χ4v) is 2.64. The second-order valence-electron chi connectivity index (χ2n) is 5.82. The number of rotatable bonds is 4. The summed E-state index contributed by atoms with van der Waals surface area (Å²) < 4.78 is 40.6. The van der Waals surface area contributed by atoms with Crippen LogP contribution < -0.4 is 5.32 Å². The van der Waals surface area contributed by atoms with Gasteiger partial charge in [0, 0.05) is 17.8 Å². The van der Waals surface area contributed by atoms with E-state index >= 15 is 0 Å². The molecule has 0 spiro atoms. The predicted octanol–water partition coefficient (Wildman–Crippen LogP) is 4.51. The van der Waals surface area contributed by atoms with Gasteiger partial charge in [-0.2, -0.15) is 18.3 Å². The van der Waals surface area contributed by atoms with Gasteiger partial charge in [-0.25, -0.2) is 0 Å². The minimum Gasteiger partial charge on any atom is -0.305 e. The average Bonchev–Trinajstić information content (AvgIpc) is 3.01. The normalized spacial score (nSPS) is 11.4. The lowest BCUT2D eigenvalue weighted by Crippen LogP contribution is -2.14. The zero-order valence-corrected chi connectivity index (χ0v) is 13.9. The second-order valence-corrected chi connectivity index (χ2v) is 5.82. The first-order valence-corrected chi connectivity index (χ1v) is 7.90. The molecule has 26 heavy (non-hydrogen) atoms. The molecule has 0 atom stereocenters. The summed E-state index contributed by atoms with van der Waals surface area (Å²) in [6, 6.07) is 14.0. The van der Waals surface area contributed by atoms with Crippen LogP contribution in [0.15, 0.2) is 60.8 Å². The Labute approximate surface area is 148 Å². The fourth-order valence-electron chi connectivity index (χ4n) is 2.64. The number of nitrogens with zero attached hydrogens (tertiary/aromatic N) is 2. The van der Waals surface area contributed by atoms with Crippen LogP contribution in [0.25, 0.3) is 0 Å². The molecule has 134 valence electrons. The fraction of sp³-hybridized carbons (Fsp3) is 0.158. The number of amides is 1. The molecule has 0 fully saturated rings. The Morgan fingerprint density at radius 1 is 1.08 bits per heavy atom. The number of nitrogens with one attached hydrogen (secondary N) is 1. The van der Waals surface area contributed by atoms with Gasteiger partial charge in [0.25, 0.3) is 5.91 Å². The predicted molar refractivity (Wildman–Crippen MR) is 91.9 cm³/mol. The number of hydrogen-bond donors (Lipinski definition) is 1. The number of halogens is 3. The molecule has 0 bridgehead atoms. The molecule has 0 saturated heterocycles. The van der Waals surface area contributed by atoms with Crippen LogP contribution in [0.5, 0.6) is 0 Å². The highest BCUT2D eigenvalue weighted by atomic mass is 19.4. The molecule has 1 aromatic heterocycles. The van der Waals surface area contributed by atoms with Crippen molar-refractivity contribution in [1.29, 1.82) is 0 Å². The van der Waals surface area contributed by atoms with Crippen LogP contribution in [0.1, 0.15) is 27.0 Å². The average molecular weight is 359 g/mol. The summed E-state index contributed by atoms with van der Waals surface area (Å²) in [4.78, 5) is 12.3. The summed E-state index contributed by atoms with van der Waals surface area (Å²) in [6.07, 6.45) is -2.90. The van der Waals surface area contributed by atoms with E-state index in [1.54, 1.807) is 24.3 Å². The number of hydrogen-bond acceptors (Lipinski definition) is 2. The Hall–Kier alpha value is -3.09. The van der Waals surface area contributed by atoms with Crippen LogP contribution >= 0.6 is 0 Å². The standard InChI is InChI=1S/C19H16F3N3O/c1-13-6-2-4-8-15(13)18(26)23-17-10-11-25(24-17)12-14-7-3-5-9-16(14)19(20,21)22/h2-11H,12H2,1H3,(H,23,24,26). The second kappa shape index (κ2) is 7.03. The van der Waals surface area contributed by atoms with Crippen molar-refractivity contribution in [3.8, 4) is 0 Å². The Morgan fingerprint density at radius 3 is 2.50 bits per heavy atom. The molecule has 0 aliphatic carbocycles. The van der Waals surface area contributed by atoms with Crippen molar-refractivity contribution >= 4 is 11.7 Å². The highest BCUT2D eigenvalue weighted by Crippen LogP contribution is 2.32. The molecular formula is C19H16F3N3O. The summed E-state index contributed by atoms with van der Waals surface area (Å²) in [7, 11) is 0. The molecule has 4 nitrogen and oxygen atoms in total. The summed E-state index contributed by atoms with van der Waals surface area (Å²) in [5.41, 5.74) is 0.758. The number of carbonyl (C=O) groups is 1. The Morgan fingerprint density at radius 2 is 1.77 bits per heavy atom. The molecular weight excluding hydrogens is 343 g/mol. The van der Waals surface area contributed by atoms with Gasteiger partial charge in [0.1, 0.15) is 0 Å². The van der Waals surface area contributed by atoms with Crippen LogP contribution in [0.3, 0.4) is 0 Å². The van der Waals surface area contributed by atoms with Crippen LogP contribution in [0.4, 0.5) is 19.0 Å². The lowest BCUT2D eigenvalue weighted by atomic mass is 10.1. The molecule has 1 heterocycles. The highest BCUT2D eigenvalue weighted by Gasteiger charge is 2.32. The molecule has 0 aliphatic heterocycles. The number of aryl methyl sites for hydroxylation is 1. The van der Waals surface area contributed by atoms with Crippen molar-refractivity contribution in [2.75, 3.05) is 5.32 Å². The van der Waals surface area contributed by atoms with Crippen LogP contribution in [0.2, 0.25) is 0 Å². The van der Waals surface area contributed by atoms with Crippen molar-refractivity contribution in [3.05, 3.63) is 83.0 Å². The SMILES string of the molecule is Cc1ccccc1C(=O)Nc1ccn(Cc2ccccc2C(F)(F)F)n1. The van der Waals surface area contributed by atoms with Gasteiger partial charge in [-0.15, -0.1) is 0 Å². The Kier molecular flexibility index (Phi) is 4.79. The molecule has 3 aromatic rings. The summed E-state index contributed by atoms with van der Waals surface area (Å²) in [6.45, 7) is 1.78. The molecule has 0 radical (unpaired) electrons. The van der Waals surface area contributed by atoms with Crippen molar-refractivity contribution in [2.24, 2.45) is 0 Å². The van der Waals surface area contributed by atoms with E-state index in [2.05, 4.69) is 10.4 Å². The number of alkyl halides is 3.